The van der Waals surface area contributed by atoms with Crippen LogP contribution in [0.4, 0.5) is 0 Å². The molecule has 0 saturated carbocycles. The van der Waals surface area contributed by atoms with E-state index in [1.165, 1.54) is 155 Å². The highest BCUT2D eigenvalue weighted by atomic mass is 14.5. The molecule has 0 saturated heterocycles. The molecule has 0 radical (unpaired) electrons. The predicted molar refractivity (Wildman–Crippen MR) is 239 cm³/mol. The van der Waals surface area contributed by atoms with E-state index in [0.717, 1.165) is 24.0 Å². The topological polar surface area (TPSA) is 0 Å². The van der Waals surface area contributed by atoms with Gasteiger partial charge in [-0.3, -0.25) is 0 Å². The Kier molecular flexibility index (Phi) is 11.1. The van der Waals surface area contributed by atoms with Crippen molar-refractivity contribution < 1.29 is 0 Å². The van der Waals surface area contributed by atoms with Gasteiger partial charge >= 0.3 is 0 Å². The van der Waals surface area contributed by atoms with Gasteiger partial charge in [-0.05, 0) is 120 Å². The number of aryl methyl sites for hydroxylation is 2. The first kappa shape index (κ1) is 37.0. The van der Waals surface area contributed by atoms with Gasteiger partial charge in [0, 0.05) is 0 Å². The van der Waals surface area contributed by atoms with Crippen molar-refractivity contribution >= 4 is 21.9 Å². The van der Waals surface area contributed by atoms with Gasteiger partial charge in [-0.15, -0.1) is 0 Å². The van der Waals surface area contributed by atoms with Crippen LogP contribution in [-0.4, -0.2) is 0 Å². The second-order valence-electron chi connectivity index (χ2n) is 16.3. The highest BCUT2D eigenvalue weighted by Gasteiger charge is 2.46. The monoisotopic (exact) mass is 718 g/mol. The van der Waals surface area contributed by atoms with Gasteiger partial charge < -0.3 is 0 Å². The Morgan fingerprint density at radius 3 is 1.53 bits per heavy atom. The second kappa shape index (κ2) is 16.4. The summed E-state index contributed by atoms with van der Waals surface area (Å²) in [5.41, 5.74) is 17.6. The Hall–Kier alpha value is -4.94. The number of allylic oxidation sites excluding steroid dienone is 2. The number of fused-ring (bicyclic) bond motifs is 3. The first-order valence-corrected chi connectivity index (χ1v) is 21.4. The standard InChI is InChI=1S/C55H58/c1-5-7-9-11-13-15-20-41-26-31-44(32-27-41)55(45-33-28-42(29-34-45)21-16-14-12-10-8-6-2)52-25-18-17-22-49(52)50-35-30-43(38-53(50)55)48-37-36-47-40(4)39(3)46-23-19-24-51(48)54(46)47/h17-19,22-38H,3-16,20-21H2,1-2H3. The quantitative estimate of drug-likeness (QED) is 0.0823. The molecular weight excluding hydrogens is 661 g/mol. The molecule has 2 aliphatic carbocycles. The molecule has 0 amide bonds. The second-order valence-corrected chi connectivity index (χ2v) is 16.3. The molecule has 0 fully saturated rings. The molecule has 8 rings (SSSR count). The summed E-state index contributed by atoms with van der Waals surface area (Å²) in [4.78, 5) is 0. The van der Waals surface area contributed by atoms with Gasteiger partial charge in [-0.2, -0.15) is 0 Å². The third-order valence-corrected chi connectivity index (χ3v) is 12.8. The van der Waals surface area contributed by atoms with Crippen LogP contribution in [0.2, 0.25) is 0 Å². The van der Waals surface area contributed by atoms with Crippen molar-refractivity contribution in [3.63, 3.8) is 0 Å². The van der Waals surface area contributed by atoms with Crippen LogP contribution in [0.25, 0.3) is 44.2 Å². The van der Waals surface area contributed by atoms with E-state index in [4.69, 9.17) is 0 Å². The first-order chi connectivity index (χ1) is 27.1. The van der Waals surface area contributed by atoms with Gasteiger partial charge in [-0.25, -0.2) is 0 Å². The number of benzene rings is 6. The fraction of sp³-hybridized carbons (Fsp3) is 0.309. The van der Waals surface area contributed by atoms with Crippen LogP contribution in [0.3, 0.4) is 0 Å². The van der Waals surface area contributed by atoms with E-state index in [-0.39, 0.29) is 0 Å². The highest BCUT2D eigenvalue weighted by Crippen LogP contribution is 2.57. The molecule has 0 aliphatic heterocycles. The minimum atomic E-state index is -0.434. The molecule has 2 aliphatic rings. The Labute approximate surface area is 331 Å². The zero-order chi connectivity index (χ0) is 37.8. The molecule has 278 valence electrons. The normalized spacial score (nSPS) is 13.8. The van der Waals surface area contributed by atoms with Crippen molar-refractivity contribution in [2.24, 2.45) is 0 Å². The van der Waals surface area contributed by atoms with Crippen LogP contribution in [0.15, 0.2) is 134 Å². The molecule has 0 unspecified atom stereocenters. The SMILES string of the molecule is C=C1C(=C)c2ccc(-c3ccc4c(c3)C(c3ccc(CCCCCCCC)cc3)(c3ccc(CCCCCCCC)cc3)c3ccccc3-4)c3cccc1c23. The maximum absolute atomic E-state index is 4.41. The molecular formula is C55H58. The van der Waals surface area contributed by atoms with Crippen LogP contribution in [0, 0.1) is 0 Å². The highest BCUT2D eigenvalue weighted by molar-refractivity contribution is 6.23. The largest absolute Gasteiger partial charge is 0.0905 e. The average molecular weight is 719 g/mol. The zero-order valence-corrected chi connectivity index (χ0v) is 33.4. The smallest absolute Gasteiger partial charge is 0.0713 e. The molecule has 0 spiro atoms. The summed E-state index contributed by atoms with van der Waals surface area (Å²) in [6.45, 7) is 13.4. The van der Waals surface area contributed by atoms with Crippen LogP contribution >= 0.6 is 0 Å². The first-order valence-electron chi connectivity index (χ1n) is 21.4. The lowest BCUT2D eigenvalue weighted by Gasteiger charge is -2.34. The van der Waals surface area contributed by atoms with Crippen molar-refractivity contribution in [1.29, 1.82) is 0 Å². The molecule has 0 atom stereocenters. The Balaban J connectivity index is 1.23. The van der Waals surface area contributed by atoms with Crippen LogP contribution < -0.4 is 0 Å². The van der Waals surface area contributed by atoms with E-state index in [0.29, 0.717) is 0 Å². The molecule has 6 aromatic carbocycles. The third-order valence-electron chi connectivity index (χ3n) is 12.8. The molecule has 0 heterocycles. The molecule has 0 nitrogen and oxygen atoms in total. The Morgan fingerprint density at radius 2 is 0.909 bits per heavy atom. The van der Waals surface area contributed by atoms with E-state index >= 15 is 0 Å². The Bertz CT molecular complexity index is 2230. The average Bonchev–Trinajstić information content (AvgIpc) is 3.66. The van der Waals surface area contributed by atoms with Crippen molar-refractivity contribution in [2.45, 2.75) is 109 Å². The van der Waals surface area contributed by atoms with Crippen LogP contribution in [-0.2, 0) is 18.3 Å². The van der Waals surface area contributed by atoms with Gasteiger partial charge in [0.25, 0.3) is 0 Å². The molecule has 0 aromatic heterocycles. The van der Waals surface area contributed by atoms with Gasteiger partial charge in [0.05, 0.1) is 5.41 Å². The van der Waals surface area contributed by atoms with E-state index < -0.39 is 5.41 Å². The summed E-state index contributed by atoms with van der Waals surface area (Å²) in [5.74, 6) is 0. The number of hydrogen-bond donors (Lipinski definition) is 0. The van der Waals surface area contributed by atoms with Crippen molar-refractivity contribution in [1.82, 2.24) is 0 Å². The number of unbranched alkanes of at least 4 members (excludes halogenated alkanes) is 10. The Morgan fingerprint density at radius 1 is 0.418 bits per heavy atom. The summed E-state index contributed by atoms with van der Waals surface area (Å²) >= 11 is 0. The zero-order valence-electron chi connectivity index (χ0n) is 33.4. The molecule has 0 bridgehead atoms. The van der Waals surface area contributed by atoms with E-state index in [2.05, 4.69) is 148 Å². The van der Waals surface area contributed by atoms with Crippen LogP contribution in [0.5, 0.6) is 0 Å². The summed E-state index contributed by atoms with van der Waals surface area (Å²) < 4.78 is 0. The van der Waals surface area contributed by atoms with Crippen LogP contribution in [0.1, 0.15) is 135 Å². The minimum Gasteiger partial charge on any atom is -0.0905 e. The third kappa shape index (κ3) is 6.84. The fourth-order valence-electron chi connectivity index (χ4n) is 9.78. The molecule has 6 aromatic rings. The number of rotatable bonds is 17. The van der Waals surface area contributed by atoms with Crippen molar-refractivity contribution in [3.8, 4) is 22.3 Å². The van der Waals surface area contributed by atoms with Crippen molar-refractivity contribution in [3.05, 3.63) is 179 Å². The van der Waals surface area contributed by atoms with Gasteiger partial charge in [0.15, 0.2) is 0 Å². The lowest BCUT2D eigenvalue weighted by atomic mass is 9.67. The maximum Gasteiger partial charge on any atom is 0.0713 e. The van der Waals surface area contributed by atoms with Gasteiger partial charge in [-0.1, -0.05) is 206 Å². The van der Waals surface area contributed by atoms with E-state index in [1.807, 2.05) is 0 Å². The summed E-state index contributed by atoms with van der Waals surface area (Å²) in [6.07, 6.45) is 18.2. The molecule has 0 heteroatoms. The van der Waals surface area contributed by atoms with Crippen molar-refractivity contribution in [2.75, 3.05) is 0 Å². The van der Waals surface area contributed by atoms with E-state index in [1.54, 1.807) is 0 Å². The lowest BCUT2D eigenvalue weighted by molar-refractivity contribution is 0.607. The summed E-state index contributed by atoms with van der Waals surface area (Å²) in [7, 11) is 0. The minimum absolute atomic E-state index is 0.434. The van der Waals surface area contributed by atoms with Gasteiger partial charge in [0.1, 0.15) is 0 Å². The fourth-order valence-corrected chi connectivity index (χ4v) is 9.78. The number of hydrogen-bond acceptors (Lipinski definition) is 0. The summed E-state index contributed by atoms with van der Waals surface area (Å²) in [6, 6.07) is 47.2. The lowest BCUT2D eigenvalue weighted by Crippen LogP contribution is -2.28. The maximum atomic E-state index is 4.41. The summed E-state index contributed by atoms with van der Waals surface area (Å²) in [5, 5.41) is 2.56. The van der Waals surface area contributed by atoms with E-state index in [9.17, 15) is 0 Å². The predicted octanol–water partition coefficient (Wildman–Crippen LogP) is 15.7. The molecule has 55 heavy (non-hydrogen) atoms. The molecule has 0 N–H and O–H groups in total. The van der Waals surface area contributed by atoms with Gasteiger partial charge in [0.2, 0.25) is 0 Å².